The van der Waals surface area contributed by atoms with Crippen molar-refractivity contribution in [3.63, 3.8) is 0 Å². The van der Waals surface area contributed by atoms with Gasteiger partial charge < -0.3 is 11.1 Å². The maximum Gasteiger partial charge on any atom is 0.243 e. The molecule has 1 amide bonds. The molecule has 1 saturated heterocycles. The van der Waals surface area contributed by atoms with E-state index in [-0.39, 0.29) is 34.7 Å². The van der Waals surface area contributed by atoms with E-state index in [1.807, 2.05) is 13.8 Å². The summed E-state index contributed by atoms with van der Waals surface area (Å²) in [6.07, 6.45) is 0.649. The Morgan fingerprint density at radius 3 is 2.35 bits per heavy atom. The van der Waals surface area contributed by atoms with Crippen LogP contribution in [0, 0.1) is 5.41 Å². The van der Waals surface area contributed by atoms with E-state index in [0.29, 0.717) is 25.2 Å². The average Bonchev–Trinajstić information content (AvgIpc) is 2.41. The molecule has 8 heteroatoms. The van der Waals surface area contributed by atoms with Gasteiger partial charge in [0.25, 0.3) is 0 Å². The molecule has 1 atom stereocenters. The lowest BCUT2D eigenvalue weighted by atomic mass is 9.81. The maximum absolute atomic E-state index is 12.7. The van der Waals surface area contributed by atoms with Crippen LogP contribution in [-0.2, 0) is 14.8 Å². The average molecular weight is 362 g/mol. The minimum absolute atomic E-state index is 0. The number of rotatable bonds is 3. The molecule has 1 unspecified atom stereocenters. The van der Waals surface area contributed by atoms with Crippen LogP contribution >= 0.6 is 12.4 Å². The molecule has 0 spiro atoms. The van der Waals surface area contributed by atoms with Crippen LogP contribution in [0.5, 0.6) is 0 Å². The zero-order chi connectivity index (χ0) is 16.5. The van der Waals surface area contributed by atoms with Crippen LogP contribution in [0.2, 0.25) is 0 Å². The van der Waals surface area contributed by atoms with Crippen LogP contribution in [0.25, 0.3) is 0 Å². The summed E-state index contributed by atoms with van der Waals surface area (Å²) in [5.74, 6) is -0.192. The summed E-state index contributed by atoms with van der Waals surface area (Å²) in [5, 5.41) is 2.62. The number of nitrogens with one attached hydrogen (secondary N) is 1. The normalized spacial score (nSPS) is 21.3. The summed E-state index contributed by atoms with van der Waals surface area (Å²) in [4.78, 5) is 11.2. The van der Waals surface area contributed by atoms with Gasteiger partial charge in [0.05, 0.1) is 4.90 Å². The second-order valence-electron chi connectivity index (χ2n) is 6.43. The third kappa shape index (κ3) is 4.44. The molecule has 1 fully saturated rings. The standard InChI is InChI=1S/C15H23N3O3S.ClH/c1-11(19)17-12-4-6-13(7-5-12)22(20,21)18-9-8-14(16)15(2,3)10-18;/h4-7,14H,8-10,16H2,1-3H3,(H,17,19);1H. The number of carbonyl (C=O) groups excluding carboxylic acids is 1. The van der Waals surface area contributed by atoms with Crippen molar-refractivity contribution in [1.82, 2.24) is 4.31 Å². The molecule has 1 aromatic carbocycles. The fourth-order valence-electron chi connectivity index (χ4n) is 2.59. The SMILES string of the molecule is CC(=O)Nc1ccc(S(=O)(=O)N2CCC(N)C(C)(C)C2)cc1.Cl. The van der Waals surface area contributed by atoms with Crippen molar-refractivity contribution in [3.05, 3.63) is 24.3 Å². The van der Waals surface area contributed by atoms with Crippen molar-refractivity contribution in [2.45, 2.75) is 38.1 Å². The fourth-order valence-corrected chi connectivity index (χ4v) is 4.22. The van der Waals surface area contributed by atoms with E-state index in [1.165, 1.54) is 23.4 Å². The topological polar surface area (TPSA) is 92.5 Å². The predicted molar refractivity (Wildman–Crippen MR) is 93.1 cm³/mol. The minimum Gasteiger partial charge on any atom is -0.327 e. The Morgan fingerprint density at radius 1 is 1.30 bits per heavy atom. The Labute approximate surface area is 143 Å². The largest absolute Gasteiger partial charge is 0.327 e. The van der Waals surface area contributed by atoms with Crippen molar-refractivity contribution in [3.8, 4) is 0 Å². The number of benzene rings is 1. The van der Waals surface area contributed by atoms with Gasteiger partial charge in [0.15, 0.2) is 0 Å². The number of nitrogens with zero attached hydrogens (tertiary/aromatic N) is 1. The molecule has 23 heavy (non-hydrogen) atoms. The first-order valence-corrected chi connectivity index (χ1v) is 8.70. The van der Waals surface area contributed by atoms with Gasteiger partial charge in [0.2, 0.25) is 15.9 Å². The zero-order valence-electron chi connectivity index (χ0n) is 13.6. The van der Waals surface area contributed by atoms with Crippen molar-refractivity contribution in [1.29, 1.82) is 0 Å². The Hall–Kier alpha value is -1.15. The number of amides is 1. The summed E-state index contributed by atoms with van der Waals surface area (Å²) in [5.41, 5.74) is 6.39. The zero-order valence-corrected chi connectivity index (χ0v) is 15.2. The molecule has 1 aliphatic rings. The first kappa shape index (κ1) is 19.9. The second kappa shape index (κ2) is 7.17. The van der Waals surface area contributed by atoms with Gasteiger partial charge >= 0.3 is 0 Å². The molecule has 1 aromatic rings. The molecule has 3 N–H and O–H groups in total. The molecule has 0 aromatic heterocycles. The molecule has 130 valence electrons. The lowest BCUT2D eigenvalue weighted by Crippen LogP contribution is -2.53. The molecular weight excluding hydrogens is 338 g/mol. The van der Waals surface area contributed by atoms with Gasteiger partial charge in [-0.15, -0.1) is 12.4 Å². The number of hydrogen-bond donors (Lipinski definition) is 2. The fraction of sp³-hybridized carbons (Fsp3) is 0.533. The van der Waals surface area contributed by atoms with Crippen molar-refractivity contribution in [2.75, 3.05) is 18.4 Å². The van der Waals surface area contributed by atoms with E-state index < -0.39 is 10.0 Å². The van der Waals surface area contributed by atoms with Crippen LogP contribution in [0.15, 0.2) is 29.2 Å². The molecule has 6 nitrogen and oxygen atoms in total. The Bertz CT molecular complexity index is 659. The highest BCUT2D eigenvalue weighted by molar-refractivity contribution is 7.89. The van der Waals surface area contributed by atoms with E-state index >= 15 is 0 Å². The number of sulfonamides is 1. The summed E-state index contributed by atoms with van der Waals surface area (Å²) in [6.45, 7) is 6.21. The van der Waals surface area contributed by atoms with Crippen molar-refractivity contribution in [2.24, 2.45) is 11.1 Å². The summed E-state index contributed by atoms with van der Waals surface area (Å²) in [7, 11) is -3.54. The summed E-state index contributed by atoms with van der Waals surface area (Å²) in [6, 6.07) is 6.22. The van der Waals surface area contributed by atoms with E-state index in [2.05, 4.69) is 5.32 Å². The smallest absolute Gasteiger partial charge is 0.243 e. The number of hydrogen-bond acceptors (Lipinski definition) is 4. The van der Waals surface area contributed by atoms with Gasteiger partial charge in [-0.3, -0.25) is 4.79 Å². The van der Waals surface area contributed by atoms with E-state index in [4.69, 9.17) is 5.73 Å². The van der Waals surface area contributed by atoms with E-state index in [0.717, 1.165) is 0 Å². The van der Waals surface area contributed by atoms with Crippen LogP contribution < -0.4 is 11.1 Å². The number of piperidine rings is 1. The van der Waals surface area contributed by atoms with Crippen molar-refractivity contribution < 1.29 is 13.2 Å². The number of nitrogens with two attached hydrogens (primary N) is 1. The van der Waals surface area contributed by atoms with E-state index in [9.17, 15) is 13.2 Å². The molecule has 0 bridgehead atoms. The molecule has 1 heterocycles. The number of anilines is 1. The third-order valence-electron chi connectivity index (χ3n) is 4.09. The van der Waals surface area contributed by atoms with Crippen molar-refractivity contribution >= 4 is 34.0 Å². The molecule has 1 aliphatic heterocycles. The molecule has 2 rings (SSSR count). The van der Waals surface area contributed by atoms with Gasteiger partial charge in [0, 0.05) is 31.7 Å². The summed E-state index contributed by atoms with van der Waals surface area (Å²) < 4.78 is 26.9. The van der Waals surface area contributed by atoms with Gasteiger partial charge in [-0.05, 0) is 36.1 Å². The van der Waals surface area contributed by atoms with Crippen LogP contribution in [-0.4, -0.2) is 37.8 Å². The van der Waals surface area contributed by atoms with Crippen LogP contribution in [0.1, 0.15) is 27.2 Å². The van der Waals surface area contributed by atoms with Gasteiger partial charge in [-0.25, -0.2) is 8.42 Å². The summed E-state index contributed by atoms with van der Waals surface area (Å²) >= 11 is 0. The van der Waals surface area contributed by atoms with Crippen LogP contribution in [0.4, 0.5) is 5.69 Å². The molecule has 0 radical (unpaired) electrons. The first-order valence-electron chi connectivity index (χ1n) is 7.26. The van der Waals surface area contributed by atoms with Gasteiger partial charge in [0.1, 0.15) is 0 Å². The second-order valence-corrected chi connectivity index (χ2v) is 8.37. The minimum atomic E-state index is -3.54. The lowest BCUT2D eigenvalue weighted by Gasteiger charge is -2.41. The highest BCUT2D eigenvalue weighted by Crippen LogP contribution is 2.31. The quantitative estimate of drug-likeness (QED) is 0.858. The maximum atomic E-state index is 12.7. The Kier molecular flexibility index (Phi) is 6.20. The van der Waals surface area contributed by atoms with Gasteiger partial charge in [-0.2, -0.15) is 4.31 Å². The third-order valence-corrected chi connectivity index (χ3v) is 5.95. The highest BCUT2D eigenvalue weighted by Gasteiger charge is 2.38. The molecule has 0 saturated carbocycles. The van der Waals surface area contributed by atoms with Gasteiger partial charge in [-0.1, -0.05) is 13.8 Å². The lowest BCUT2D eigenvalue weighted by molar-refractivity contribution is -0.114. The van der Waals surface area contributed by atoms with E-state index in [1.54, 1.807) is 12.1 Å². The molecular formula is C15H24ClN3O3S. The highest BCUT2D eigenvalue weighted by atomic mass is 35.5. The monoisotopic (exact) mass is 361 g/mol. The number of carbonyl (C=O) groups is 1. The Balaban J connectivity index is 0.00000264. The first-order chi connectivity index (χ1) is 10.1. The number of halogens is 1. The Morgan fingerprint density at radius 2 is 1.87 bits per heavy atom. The van der Waals surface area contributed by atoms with Crippen LogP contribution in [0.3, 0.4) is 0 Å². The predicted octanol–water partition coefficient (Wildman–Crippen LogP) is 1.81. The molecule has 0 aliphatic carbocycles.